The van der Waals surface area contributed by atoms with Crippen molar-refractivity contribution >= 4 is 22.6 Å². The van der Waals surface area contributed by atoms with Gasteiger partial charge in [0.15, 0.2) is 0 Å². The van der Waals surface area contributed by atoms with Crippen molar-refractivity contribution in [2.45, 2.75) is 19.9 Å². The Balaban J connectivity index is 2.14. The molecule has 3 aromatic rings. The number of fused-ring (bicyclic) bond motifs is 1. The molecule has 1 N–H and O–H groups in total. The van der Waals surface area contributed by atoms with Gasteiger partial charge in [0.25, 0.3) is 0 Å². The summed E-state index contributed by atoms with van der Waals surface area (Å²) in [6.45, 7) is 4.07. The quantitative estimate of drug-likeness (QED) is 0.735. The molecule has 0 aliphatic heterocycles. The second-order valence-electron chi connectivity index (χ2n) is 5.34. The fraction of sp³-hybridized carbons (Fsp3) is 0.222. The molecule has 1 aromatic heterocycles. The zero-order valence-corrected chi connectivity index (χ0v) is 13.2. The average Bonchev–Trinajstić information content (AvgIpc) is 2.89. The van der Waals surface area contributed by atoms with E-state index >= 15 is 0 Å². The van der Waals surface area contributed by atoms with Gasteiger partial charge in [-0.3, -0.25) is 0 Å². The zero-order chi connectivity index (χ0) is 15.0. The van der Waals surface area contributed by atoms with E-state index in [1.54, 1.807) is 0 Å². The standard InChI is InChI=1S/C18H18ClNO/c1-11-6-5-9-14(16(11)19)17(20-3)15-10-13-8-4-7-12(2)18(13)21-15/h4-10,17,20H,1-3H3. The fourth-order valence-electron chi connectivity index (χ4n) is 2.72. The van der Waals surface area contributed by atoms with Crippen molar-refractivity contribution in [3.63, 3.8) is 0 Å². The van der Waals surface area contributed by atoms with Crippen LogP contribution in [0.1, 0.15) is 28.5 Å². The smallest absolute Gasteiger partial charge is 0.137 e. The van der Waals surface area contributed by atoms with Crippen LogP contribution in [0.2, 0.25) is 5.02 Å². The summed E-state index contributed by atoms with van der Waals surface area (Å²) >= 11 is 6.46. The molecule has 108 valence electrons. The molecule has 0 spiro atoms. The monoisotopic (exact) mass is 299 g/mol. The van der Waals surface area contributed by atoms with Gasteiger partial charge in [-0.15, -0.1) is 0 Å². The number of rotatable bonds is 3. The third-order valence-corrected chi connectivity index (χ3v) is 4.38. The van der Waals surface area contributed by atoms with Gasteiger partial charge in [-0.25, -0.2) is 0 Å². The first kappa shape index (κ1) is 14.2. The predicted molar refractivity (Wildman–Crippen MR) is 88.0 cm³/mol. The van der Waals surface area contributed by atoms with Gasteiger partial charge in [-0.2, -0.15) is 0 Å². The van der Waals surface area contributed by atoms with Crippen molar-refractivity contribution in [1.82, 2.24) is 5.32 Å². The first-order chi connectivity index (χ1) is 10.1. The van der Waals surface area contributed by atoms with Crippen LogP contribution >= 0.6 is 11.6 Å². The van der Waals surface area contributed by atoms with Crippen LogP contribution in [-0.4, -0.2) is 7.05 Å². The van der Waals surface area contributed by atoms with Crippen molar-refractivity contribution in [3.8, 4) is 0 Å². The number of nitrogens with one attached hydrogen (secondary N) is 1. The van der Waals surface area contributed by atoms with E-state index in [0.29, 0.717) is 0 Å². The molecule has 21 heavy (non-hydrogen) atoms. The van der Waals surface area contributed by atoms with Gasteiger partial charge in [0.2, 0.25) is 0 Å². The van der Waals surface area contributed by atoms with Gasteiger partial charge in [-0.05, 0) is 43.7 Å². The lowest BCUT2D eigenvalue weighted by Crippen LogP contribution is -2.17. The number of halogens is 1. The summed E-state index contributed by atoms with van der Waals surface area (Å²) < 4.78 is 6.08. The summed E-state index contributed by atoms with van der Waals surface area (Å²) in [5, 5.41) is 5.21. The van der Waals surface area contributed by atoms with Gasteiger partial charge in [0.1, 0.15) is 11.3 Å². The fourth-order valence-corrected chi connectivity index (χ4v) is 2.95. The Morgan fingerprint density at radius 1 is 1.05 bits per heavy atom. The number of aryl methyl sites for hydroxylation is 2. The molecule has 1 unspecified atom stereocenters. The van der Waals surface area contributed by atoms with Crippen LogP contribution in [0, 0.1) is 13.8 Å². The Morgan fingerprint density at radius 2 is 1.76 bits per heavy atom. The summed E-state index contributed by atoms with van der Waals surface area (Å²) in [4.78, 5) is 0. The van der Waals surface area contributed by atoms with Gasteiger partial charge in [0, 0.05) is 10.4 Å². The highest BCUT2D eigenvalue weighted by molar-refractivity contribution is 6.32. The summed E-state index contributed by atoms with van der Waals surface area (Å²) in [5.74, 6) is 0.884. The topological polar surface area (TPSA) is 25.2 Å². The van der Waals surface area contributed by atoms with E-state index in [9.17, 15) is 0 Å². The summed E-state index contributed by atoms with van der Waals surface area (Å²) in [7, 11) is 1.92. The lowest BCUT2D eigenvalue weighted by atomic mass is 10.0. The van der Waals surface area contributed by atoms with Crippen molar-refractivity contribution in [2.24, 2.45) is 0 Å². The second-order valence-corrected chi connectivity index (χ2v) is 5.72. The molecule has 3 heteroatoms. The van der Waals surface area contributed by atoms with E-state index in [2.05, 4.69) is 30.4 Å². The molecule has 3 rings (SSSR count). The van der Waals surface area contributed by atoms with E-state index in [1.165, 1.54) is 0 Å². The Hall–Kier alpha value is -1.77. The first-order valence-corrected chi connectivity index (χ1v) is 7.41. The van der Waals surface area contributed by atoms with E-state index in [-0.39, 0.29) is 6.04 Å². The van der Waals surface area contributed by atoms with Crippen molar-refractivity contribution in [1.29, 1.82) is 0 Å². The molecule has 0 bridgehead atoms. The van der Waals surface area contributed by atoms with Crippen LogP contribution in [0.3, 0.4) is 0 Å². The zero-order valence-electron chi connectivity index (χ0n) is 12.4. The molecule has 1 atom stereocenters. The largest absolute Gasteiger partial charge is 0.459 e. The molecular formula is C18H18ClNO. The highest BCUT2D eigenvalue weighted by Crippen LogP contribution is 2.33. The first-order valence-electron chi connectivity index (χ1n) is 7.03. The Kier molecular flexibility index (Phi) is 3.75. The molecule has 0 saturated heterocycles. The number of hydrogen-bond acceptors (Lipinski definition) is 2. The lowest BCUT2D eigenvalue weighted by molar-refractivity contribution is 0.490. The van der Waals surface area contributed by atoms with Crippen LogP contribution in [0.15, 0.2) is 46.9 Å². The van der Waals surface area contributed by atoms with Gasteiger partial charge in [-0.1, -0.05) is 48.0 Å². The van der Waals surface area contributed by atoms with Crippen LogP contribution < -0.4 is 5.32 Å². The molecule has 0 fully saturated rings. The second kappa shape index (κ2) is 5.55. The molecule has 0 saturated carbocycles. The maximum atomic E-state index is 6.46. The number of furan rings is 1. The average molecular weight is 300 g/mol. The summed E-state index contributed by atoms with van der Waals surface area (Å²) in [5.41, 5.74) is 4.19. The Bertz CT molecular complexity index is 791. The number of hydrogen-bond donors (Lipinski definition) is 1. The normalized spacial score (nSPS) is 12.8. The van der Waals surface area contributed by atoms with Gasteiger partial charge >= 0.3 is 0 Å². The van der Waals surface area contributed by atoms with Crippen molar-refractivity contribution < 1.29 is 4.42 Å². The molecule has 2 nitrogen and oxygen atoms in total. The molecule has 0 aliphatic rings. The van der Waals surface area contributed by atoms with E-state index < -0.39 is 0 Å². The SMILES string of the molecule is CNC(c1cc2cccc(C)c2o1)c1cccc(C)c1Cl. The molecule has 2 aromatic carbocycles. The van der Waals surface area contributed by atoms with Crippen LogP contribution in [0.4, 0.5) is 0 Å². The van der Waals surface area contributed by atoms with E-state index in [1.807, 2.05) is 38.2 Å². The van der Waals surface area contributed by atoms with Crippen molar-refractivity contribution in [3.05, 3.63) is 69.9 Å². The third kappa shape index (κ3) is 2.45. The molecule has 0 aliphatic carbocycles. The number of para-hydroxylation sites is 1. The lowest BCUT2D eigenvalue weighted by Gasteiger charge is -2.16. The minimum Gasteiger partial charge on any atom is -0.459 e. The van der Waals surface area contributed by atoms with Crippen LogP contribution in [0.5, 0.6) is 0 Å². The van der Waals surface area contributed by atoms with E-state index in [4.69, 9.17) is 16.0 Å². The minimum atomic E-state index is -0.0517. The highest BCUT2D eigenvalue weighted by atomic mass is 35.5. The minimum absolute atomic E-state index is 0.0517. The third-order valence-electron chi connectivity index (χ3n) is 3.87. The van der Waals surface area contributed by atoms with Crippen molar-refractivity contribution in [2.75, 3.05) is 7.05 Å². The molecule has 0 amide bonds. The molecule has 0 radical (unpaired) electrons. The summed E-state index contributed by atoms with van der Waals surface area (Å²) in [6.07, 6.45) is 0. The Morgan fingerprint density at radius 3 is 2.48 bits per heavy atom. The number of benzene rings is 2. The Labute approximate surface area is 129 Å². The maximum Gasteiger partial charge on any atom is 0.137 e. The maximum absolute atomic E-state index is 6.46. The highest BCUT2D eigenvalue weighted by Gasteiger charge is 2.20. The van der Waals surface area contributed by atoms with Gasteiger partial charge < -0.3 is 9.73 Å². The molecule has 1 heterocycles. The van der Waals surface area contributed by atoms with Crippen LogP contribution in [-0.2, 0) is 0 Å². The molecular weight excluding hydrogens is 282 g/mol. The summed E-state index contributed by atoms with van der Waals surface area (Å²) in [6, 6.07) is 14.3. The van der Waals surface area contributed by atoms with Crippen LogP contribution in [0.25, 0.3) is 11.0 Å². The predicted octanol–water partition coefficient (Wildman–Crippen LogP) is 5.01. The van der Waals surface area contributed by atoms with E-state index in [0.717, 1.165) is 38.4 Å². The van der Waals surface area contributed by atoms with Gasteiger partial charge in [0.05, 0.1) is 6.04 Å².